The van der Waals surface area contributed by atoms with E-state index in [1.807, 2.05) is 24.0 Å². The molecule has 0 saturated carbocycles. The first-order chi connectivity index (χ1) is 7.50. The normalized spacial score (nSPS) is 20.6. The van der Waals surface area contributed by atoms with Crippen LogP contribution in [0.1, 0.15) is 12.0 Å². The second-order valence-corrected chi connectivity index (χ2v) is 6.64. The van der Waals surface area contributed by atoms with Crippen LogP contribution in [0.15, 0.2) is 21.1 Å². The Kier molecular flexibility index (Phi) is 3.76. The summed E-state index contributed by atoms with van der Waals surface area (Å²) in [6.45, 7) is 2.79. The highest BCUT2D eigenvalue weighted by Gasteiger charge is 2.32. The summed E-state index contributed by atoms with van der Waals surface area (Å²) in [4.78, 5) is 13.7. The Balaban J connectivity index is 2.45. The van der Waals surface area contributed by atoms with Crippen molar-refractivity contribution < 1.29 is 4.79 Å². The van der Waals surface area contributed by atoms with E-state index in [-0.39, 0.29) is 10.7 Å². The molecule has 0 aliphatic carbocycles. The van der Waals surface area contributed by atoms with E-state index in [0.29, 0.717) is 0 Å². The Bertz CT molecular complexity index is 424. The number of hydrogen-bond donors (Lipinski definition) is 0. The summed E-state index contributed by atoms with van der Waals surface area (Å²) in [5.74, 6) is 0.130. The average molecular weight is 412 g/mol. The summed E-state index contributed by atoms with van der Waals surface area (Å²) in [5, 5.41) is 0. The zero-order valence-electron chi connectivity index (χ0n) is 8.64. The second-order valence-electron chi connectivity index (χ2n) is 3.82. The van der Waals surface area contributed by atoms with Gasteiger partial charge in [-0.25, -0.2) is 0 Å². The van der Waals surface area contributed by atoms with Gasteiger partial charge in [0.2, 0.25) is 5.91 Å². The van der Waals surface area contributed by atoms with Gasteiger partial charge in [-0.05, 0) is 62.9 Å². The molecule has 86 valence electrons. The number of benzene rings is 1. The maximum absolute atomic E-state index is 11.9. The number of anilines is 1. The van der Waals surface area contributed by atoms with E-state index < -0.39 is 0 Å². The van der Waals surface area contributed by atoms with Gasteiger partial charge in [0.15, 0.2) is 0 Å². The van der Waals surface area contributed by atoms with Crippen molar-refractivity contribution in [2.45, 2.75) is 18.2 Å². The van der Waals surface area contributed by atoms with E-state index in [0.717, 1.165) is 33.2 Å². The molecule has 16 heavy (non-hydrogen) atoms. The summed E-state index contributed by atoms with van der Waals surface area (Å²) in [6, 6.07) is 4.05. The second kappa shape index (κ2) is 4.78. The minimum Gasteiger partial charge on any atom is -0.309 e. The van der Waals surface area contributed by atoms with Crippen LogP contribution in [0.25, 0.3) is 0 Å². The number of nitrogens with zero attached hydrogens (tertiary/aromatic N) is 1. The van der Waals surface area contributed by atoms with Crippen molar-refractivity contribution in [2.24, 2.45) is 0 Å². The lowest BCUT2D eigenvalue weighted by atomic mass is 10.2. The van der Waals surface area contributed by atoms with Gasteiger partial charge in [-0.3, -0.25) is 4.79 Å². The fourth-order valence-electron chi connectivity index (χ4n) is 1.82. The highest BCUT2D eigenvalue weighted by Crippen LogP contribution is 2.38. The highest BCUT2D eigenvalue weighted by molar-refractivity contribution is 9.11. The lowest BCUT2D eigenvalue weighted by molar-refractivity contribution is -0.116. The fourth-order valence-corrected chi connectivity index (χ4v) is 4.11. The summed E-state index contributed by atoms with van der Waals surface area (Å²) in [5.41, 5.74) is 2.09. The van der Waals surface area contributed by atoms with Crippen LogP contribution < -0.4 is 4.90 Å². The van der Waals surface area contributed by atoms with Crippen molar-refractivity contribution in [3.8, 4) is 0 Å². The van der Waals surface area contributed by atoms with Gasteiger partial charge in [0.05, 0.1) is 10.5 Å². The van der Waals surface area contributed by atoms with Crippen LogP contribution in [-0.4, -0.2) is 17.3 Å². The summed E-state index contributed by atoms with van der Waals surface area (Å²) < 4.78 is 1.91. The maximum Gasteiger partial charge on any atom is 0.240 e. The van der Waals surface area contributed by atoms with E-state index >= 15 is 0 Å². The highest BCUT2D eigenvalue weighted by atomic mass is 79.9. The number of carbonyl (C=O) groups excluding carboxylic acids is 1. The van der Waals surface area contributed by atoms with Crippen LogP contribution in [-0.2, 0) is 4.79 Å². The van der Waals surface area contributed by atoms with Crippen molar-refractivity contribution >= 4 is 59.4 Å². The quantitative estimate of drug-likeness (QED) is 0.639. The van der Waals surface area contributed by atoms with Crippen molar-refractivity contribution in [1.82, 2.24) is 0 Å². The zero-order chi connectivity index (χ0) is 11.9. The van der Waals surface area contributed by atoms with Crippen molar-refractivity contribution in [1.29, 1.82) is 0 Å². The molecule has 1 amide bonds. The van der Waals surface area contributed by atoms with E-state index in [1.54, 1.807) is 0 Å². The predicted octanol–water partition coefficient (Wildman–Crippen LogP) is 4.02. The molecule has 0 spiro atoms. The minimum absolute atomic E-state index is 0.0485. The van der Waals surface area contributed by atoms with E-state index in [4.69, 9.17) is 0 Å². The molecule has 2 rings (SSSR count). The molecule has 1 aliphatic heterocycles. The first-order valence-corrected chi connectivity index (χ1v) is 7.42. The number of hydrogen-bond acceptors (Lipinski definition) is 1. The molecule has 0 N–H and O–H groups in total. The predicted molar refractivity (Wildman–Crippen MR) is 76.3 cm³/mol. The van der Waals surface area contributed by atoms with Gasteiger partial charge in [0, 0.05) is 15.5 Å². The molecular formula is C11H10Br3NO. The molecule has 1 heterocycles. The molecule has 1 aromatic carbocycles. The Morgan fingerprint density at radius 2 is 1.88 bits per heavy atom. The minimum atomic E-state index is -0.0485. The monoisotopic (exact) mass is 409 g/mol. The molecule has 1 saturated heterocycles. The molecule has 0 aromatic heterocycles. The molecule has 0 bridgehead atoms. The molecular weight excluding hydrogens is 402 g/mol. The van der Waals surface area contributed by atoms with Crippen molar-refractivity contribution in [3.63, 3.8) is 0 Å². The lowest BCUT2D eigenvalue weighted by Crippen LogP contribution is -2.27. The van der Waals surface area contributed by atoms with Gasteiger partial charge in [-0.2, -0.15) is 0 Å². The molecule has 0 radical (unpaired) electrons. The number of rotatable bonds is 1. The topological polar surface area (TPSA) is 20.3 Å². The zero-order valence-corrected chi connectivity index (χ0v) is 13.4. The van der Waals surface area contributed by atoms with Crippen LogP contribution in [0.5, 0.6) is 0 Å². The van der Waals surface area contributed by atoms with E-state index in [1.165, 1.54) is 0 Å². The van der Waals surface area contributed by atoms with Crippen LogP contribution in [0.2, 0.25) is 0 Å². The summed E-state index contributed by atoms with van der Waals surface area (Å²) >= 11 is 10.4. The van der Waals surface area contributed by atoms with E-state index in [2.05, 4.69) is 47.8 Å². The number of alkyl halides is 1. The van der Waals surface area contributed by atoms with Gasteiger partial charge in [-0.1, -0.05) is 15.9 Å². The Hall–Kier alpha value is 0.130. The Morgan fingerprint density at radius 1 is 1.31 bits per heavy atom. The van der Waals surface area contributed by atoms with Crippen molar-refractivity contribution in [2.75, 3.05) is 11.4 Å². The van der Waals surface area contributed by atoms with Crippen LogP contribution in [0, 0.1) is 6.92 Å². The molecule has 1 atom stereocenters. The average Bonchev–Trinajstić information content (AvgIpc) is 2.48. The molecule has 1 aliphatic rings. The molecule has 1 aromatic rings. The van der Waals surface area contributed by atoms with Crippen LogP contribution >= 0.6 is 47.8 Å². The largest absolute Gasteiger partial charge is 0.309 e. The molecule has 1 fully saturated rings. The number of carbonyl (C=O) groups is 1. The molecule has 5 heteroatoms. The summed E-state index contributed by atoms with van der Waals surface area (Å²) in [6.07, 6.45) is 0.853. The Morgan fingerprint density at radius 3 is 2.31 bits per heavy atom. The number of amides is 1. The van der Waals surface area contributed by atoms with Gasteiger partial charge < -0.3 is 4.90 Å². The first-order valence-electron chi connectivity index (χ1n) is 4.92. The van der Waals surface area contributed by atoms with Gasteiger partial charge in [-0.15, -0.1) is 0 Å². The third kappa shape index (κ3) is 2.22. The fraction of sp³-hybridized carbons (Fsp3) is 0.364. The van der Waals surface area contributed by atoms with Crippen LogP contribution in [0.4, 0.5) is 5.69 Å². The lowest BCUT2D eigenvalue weighted by Gasteiger charge is -2.20. The van der Waals surface area contributed by atoms with Gasteiger partial charge >= 0.3 is 0 Å². The molecule has 1 unspecified atom stereocenters. The number of aryl methyl sites for hydroxylation is 1. The maximum atomic E-state index is 11.9. The van der Waals surface area contributed by atoms with Crippen LogP contribution in [0.3, 0.4) is 0 Å². The Labute approximate surface area is 120 Å². The first kappa shape index (κ1) is 12.6. The van der Waals surface area contributed by atoms with Crippen molar-refractivity contribution in [3.05, 3.63) is 26.6 Å². The third-order valence-electron chi connectivity index (χ3n) is 2.57. The smallest absolute Gasteiger partial charge is 0.240 e. The van der Waals surface area contributed by atoms with E-state index in [9.17, 15) is 4.79 Å². The van der Waals surface area contributed by atoms with Gasteiger partial charge in [0.25, 0.3) is 0 Å². The molecule has 2 nitrogen and oxygen atoms in total. The number of halogens is 3. The van der Waals surface area contributed by atoms with Gasteiger partial charge in [0.1, 0.15) is 0 Å². The standard InChI is InChI=1S/C11H10Br3NO/c1-6-4-8(13)10(9(14)5-6)15-3-2-7(12)11(15)16/h4-5,7H,2-3H2,1H3. The SMILES string of the molecule is Cc1cc(Br)c(N2CCC(Br)C2=O)c(Br)c1. The summed E-state index contributed by atoms with van der Waals surface area (Å²) in [7, 11) is 0. The third-order valence-corrected chi connectivity index (χ3v) is 4.63.